The molecule has 0 aliphatic rings. The van der Waals surface area contributed by atoms with E-state index in [2.05, 4.69) is 19.0 Å². The molecule has 24 heavy (non-hydrogen) atoms. The van der Waals surface area contributed by atoms with E-state index < -0.39 is 52.3 Å². The fourth-order valence-electron chi connectivity index (χ4n) is 1.54. The zero-order chi connectivity index (χ0) is 19.1. The highest BCUT2D eigenvalue weighted by atomic mass is 32.2. The van der Waals surface area contributed by atoms with Crippen LogP contribution in [0.25, 0.3) is 0 Å². The Morgan fingerprint density at radius 2 is 1.54 bits per heavy atom. The lowest BCUT2D eigenvalue weighted by Gasteiger charge is -2.24. The van der Waals surface area contributed by atoms with Crippen LogP contribution in [-0.4, -0.2) is 64.7 Å². The largest absolute Gasteiger partial charge is 0.467 e. The van der Waals surface area contributed by atoms with Gasteiger partial charge in [-0.3, -0.25) is 4.18 Å². The number of hydrogen-bond donors (Lipinski definition) is 1. The molecule has 0 aromatic heterocycles. The molecule has 1 unspecified atom stereocenters. The van der Waals surface area contributed by atoms with Gasteiger partial charge in [0, 0.05) is 6.42 Å². The molecular formula is C13H23NO9S. The lowest BCUT2D eigenvalue weighted by atomic mass is 10.1. The second-order valence-electron chi connectivity index (χ2n) is 5.77. The lowest BCUT2D eigenvalue weighted by molar-refractivity contribution is -0.151. The summed E-state index contributed by atoms with van der Waals surface area (Å²) in [7, 11) is -1.92. The summed E-state index contributed by atoms with van der Waals surface area (Å²) in [5, 5.41) is 2.20. The van der Waals surface area contributed by atoms with Gasteiger partial charge in [0.05, 0.1) is 20.5 Å². The number of hydrogen-bond acceptors (Lipinski definition) is 9. The minimum atomic E-state index is -4.01. The molecule has 2 atom stereocenters. The molecule has 10 nitrogen and oxygen atoms in total. The maximum Gasteiger partial charge on any atom is 0.408 e. The normalized spacial score (nSPS) is 14.2. The van der Waals surface area contributed by atoms with Gasteiger partial charge in [0.15, 0.2) is 6.10 Å². The number of nitrogens with one attached hydrogen (secondary N) is 1. The molecule has 0 bridgehead atoms. The van der Waals surface area contributed by atoms with Gasteiger partial charge in [0.25, 0.3) is 10.1 Å². The van der Waals surface area contributed by atoms with E-state index in [4.69, 9.17) is 4.74 Å². The first-order valence-corrected chi connectivity index (χ1v) is 8.64. The smallest absolute Gasteiger partial charge is 0.408 e. The van der Waals surface area contributed by atoms with Crippen molar-refractivity contribution >= 4 is 28.1 Å². The first-order chi connectivity index (χ1) is 10.8. The molecule has 11 heteroatoms. The summed E-state index contributed by atoms with van der Waals surface area (Å²) < 4.78 is 41.0. The molecule has 0 heterocycles. The van der Waals surface area contributed by atoms with E-state index in [-0.39, 0.29) is 0 Å². The summed E-state index contributed by atoms with van der Waals surface area (Å²) in [4.78, 5) is 35.2. The quantitative estimate of drug-likeness (QED) is 0.372. The van der Waals surface area contributed by atoms with E-state index >= 15 is 0 Å². The Morgan fingerprint density at radius 3 is 1.92 bits per heavy atom. The standard InChI is InChI=1S/C13H23NO9S/c1-13(2,3)22-12(17)14-8(10(15)20-4)7-9(11(16)21-5)23-24(6,18)19/h8-9H,7H2,1-6H3,(H,14,17)/t8-,9?/m0/s1. The van der Waals surface area contributed by atoms with Crippen molar-refractivity contribution in [1.82, 2.24) is 5.32 Å². The molecular weight excluding hydrogens is 346 g/mol. The summed E-state index contributed by atoms with van der Waals surface area (Å²) in [5.74, 6) is -1.94. The van der Waals surface area contributed by atoms with Gasteiger partial charge >= 0.3 is 18.0 Å². The van der Waals surface area contributed by atoms with Crippen LogP contribution in [0.4, 0.5) is 4.79 Å². The maximum atomic E-state index is 11.8. The van der Waals surface area contributed by atoms with Gasteiger partial charge in [-0.15, -0.1) is 0 Å². The zero-order valence-electron chi connectivity index (χ0n) is 14.4. The van der Waals surface area contributed by atoms with Crippen LogP contribution < -0.4 is 5.32 Å². The molecule has 0 rings (SSSR count). The van der Waals surface area contributed by atoms with Crippen LogP contribution in [0.5, 0.6) is 0 Å². The van der Waals surface area contributed by atoms with Gasteiger partial charge < -0.3 is 19.5 Å². The number of carbonyl (C=O) groups is 3. The monoisotopic (exact) mass is 369 g/mol. The number of rotatable bonds is 7. The third-order valence-corrected chi connectivity index (χ3v) is 2.96. The number of methoxy groups -OCH3 is 2. The van der Waals surface area contributed by atoms with Crippen LogP contribution in [0, 0.1) is 0 Å². The molecule has 0 radical (unpaired) electrons. The van der Waals surface area contributed by atoms with E-state index in [1.165, 1.54) is 0 Å². The summed E-state index contributed by atoms with van der Waals surface area (Å²) >= 11 is 0. The highest BCUT2D eigenvalue weighted by Gasteiger charge is 2.34. The lowest BCUT2D eigenvalue weighted by Crippen LogP contribution is -2.47. The Hall–Kier alpha value is -1.88. The Labute approximate surface area is 140 Å². The number of carbonyl (C=O) groups excluding carboxylic acids is 3. The highest BCUT2D eigenvalue weighted by Crippen LogP contribution is 2.12. The van der Waals surface area contributed by atoms with Crippen molar-refractivity contribution < 1.29 is 41.2 Å². The van der Waals surface area contributed by atoms with Crippen molar-refractivity contribution in [2.45, 2.75) is 44.9 Å². The first kappa shape index (κ1) is 22.1. The van der Waals surface area contributed by atoms with Gasteiger partial charge in [0.2, 0.25) is 0 Å². The molecule has 1 amide bonds. The molecule has 0 fully saturated rings. The van der Waals surface area contributed by atoms with Gasteiger partial charge in [-0.1, -0.05) is 0 Å². The van der Waals surface area contributed by atoms with E-state index in [9.17, 15) is 22.8 Å². The van der Waals surface area contributed by atoms with Crippen LogP contribution in [0.1, 0.15) is 27.2 Å². The van der Waals surface area contributed by atoms with Crippen LogP contribution in [0.3, 0.4) is 0 Å². The SMILES string of the molecule is COC(=O)C(C[C@H](NC(=O)OC(C)(C)C)C(=O)OC)OS(C)(=O)=O. The molecule has 0 saturated heterocycles. The Bertz CT molecular complexity index is 564. The summed E-state index contributed by atoms with van der Waals surface area (Å²) in [6.07, 6.45) is -2.37. The number of alkyl carbamates (subject to hydrolysis) is 1. The molecule has 0 aliphatic heterocycles. The van der Waals surface area contributed by atoms with Gasteiger partial charge in [0.1, 0.15) is 11.6 Å². The van der Waals surface area contributed by atoms with Crippen molar-refractivity contribution in [3.8, 4) is 0 Å². The van der Waals surface area contributed by atoms with Crippen LogP contribution in [0.2, 0.25) is 0 Å². The molecule has 0 aromatic rings. The maximum absolute atomic E-state index is 11.8. The minimum absolute atomic E-state index is 0.522. The van der Waals surface area contributed by atoms with Gasteiger partial charge in [-0.2, -0.15) is 8.42 Å². The van der Waals surface area contributed by atoms with Crippen molar-refractivity contribution in [3.05, 3.63) is 0 Å². The molecule has 0 spiro atoms. The van der Waals surface area contributed by atoms with Crippen molar-refractivity contribution in [3.63, 3.8) is 0 Å². The third-order valence-electron chi connectivity index (χ3n) is 2.38. The highest BCUT2D eigenvalue weighted by molar-refractivity contribution is 7.86. The van der Waals surface area contributed by atoms with Gasteiger partial charge in [-0.25, -0.2) is 14.4 Å². The molecule has 0 saturated carbocycles. The third kappa shape index (κ3) is 9.30. The number of ether oxygens (including phenoxy) is 3. The fraction of sp³-hybridized carbons (Fsp3) is 0.769. The fourth-order valence-corrected chi connectivity index (χ4v) is 2.12. The predicted molar refractivity (Wildman–Crippen MR) is 81.5 cm³/mol. The van der Waals surface area contributed by atoms with E-state index in [0.29, 0.717) is 0 Å². The van der Waals surface area contributed by atoms with Crippen LogP contribution >= 0.6 is 0 Å². The average Bonchev–Trinajstić information content (AvgIpc) is 2.40. The van der Waals surface area contributed by atoms with E-state index in [1.54, 1.807) is 20.8 Å². The molecule has 1 N–H and O–H groups in total. The number of amides is 1. The van der Waals surface area contributed by atoms with Crippen molar-refractivity contribution in [2.75, 3.05) is 20.5 Å². The topological polar surface area (TPSA) is 134 Å². The zero-order valence-corrected chi connectivity index (χ0v) is 15.3. The first-order valence-electron chi connectivity index (χ1n) is 6.82. The minimum Gasteiger partial charge on any atom is -0.467 e. The second kappa shape index (κ2) is 8.83. The van der Waals surface area contributed by atoms with E-state index in [0.717, 1.165) is 20.5 Å². The van der Waals surface area contributed by atoms with E-state index in [1.807, 2.05) is 0 Å². The molecule has 0 aromatic carbocycles. The summed E-state index contributed by atoms with van der Waals surface area (Å²) in [6, 6.07) is -1.38. The average molecular weight is 369 g/mol. The van der Waals surface area contributed by atoms with Crippen molar-refractivity contribution in [2.24, 2.45) is 0 Å². The van der Waals surface area contributed by atoms with Crippen molar-refractivity contribution in [1.29, 1.82) is 0 Å². The Morgan fingerprint density at radius 1 is 1.04 bits per heavy atom. The van der Waals surface area contributed by atoms with Gasteiger partial charge in [-0.05, 0) is 20.8 Å². The Kier molecular flexibility index (Phi) is 8.14. The second-order valence-corrected chi connectivity index (χ2v) is 7.37. The Balaban J connectivity index is 5.24. The number of esters is 2. The van der Waals surface area contributed by atoms with Crippen LogP contribution in [0.15, 0.2) is 0 Å². The van der Waals surface area contributed by atoms with Crippen LogP contribution in [-0.2, 0) is 38.1 Å². The molecule has 140 valence electrons. The molecule has 0 aliphatic carbocycles. The summed E-state index contributed by atoms with van der Waals surface area (Å²) in [6.45, 7) is 4.84. The summed E-state index contributed by atoms with van der Waals surface area (Å²) in [5.41, 5.74) is -0.824. The predicted octanol–water partition coefficient (Wildman–Crippen LogP) is -0.0394.